The van der Waals surface area contributed by atoms with Gasteiger partial charge < -0.3 is 8.98 Å². The van der Waals surface area contributed by atoms with Gasteiger partial charge in [0.1, 0.15) is 5.52 Å². The molecular weight excluding hydrogens is 296 g/mol. The summed E-state index contributed by atoms with van der Waals surface area (Å²) in [5.41, 5.74) is 4.54. The number of fused-ring (bicyclic) bond motifs is 1. The molecule has 0 radical (unpaired) electrons. The summed E-state index contributed by atoms with van der Waals surface area (Å²) in [6, 6.07) is 15.8. The molecule has 0 spiro atoms. The van der Waals surface area contributed by atoms with Gasteiger partial charge in [0.2, 0.25) is 5.89 Å². The largest absolute Gasteiger partial charge is 0.436 e. The molecule has 0 saturated carbocycles. The molecule has 3 nitrogen and oxygen atoms in total. The molecule has 0 fully saturated rings. The molecule has 2 heterocycles. The number of nitrogens with zero attached hydrogens (tertiary/aromatic N) is 2. The smallest absolute Gasteiger partial charge is 0.228 e. The van der Waals surface area contributed by atoms with E-state index in [1.54, 1.807) is 0 Å². The molecule has 0 N–H and O–H groups in total. The predicted octanol–water partition coefficient (Wildman–Crippen LogP) is 5.25. The Balaban J connectivity index is 1.84. The summed E-state index contributed by atoms with van der Waals surface area (Å²) in [6.07, 6.45) is 4.00. The number of rotatable bonds is 2. The molecule has 0 bridgehead atoms. The van der Waals surface area contributed by atoms with E-state index in [4.69, 9.17) is 16.0 Å². The number of hydrogen-bond donors (Lipinski definition) is 0. The fourth-order valence-electron chi connectivity index (χ4n) is 2.49. The number of benzene rings is 2. The summed E-state index contributed by atoms with van der Waals surface area (Å²) in [6.45, 7) is 2.01. The highest BCUT2D eigenvalue weighted by Crippen LogP contribution is 2.31. The first-order valence-corrected chi connectivity index (χ1v) is 7.39. The lowest BCUT2D eigenvalue weighted by Crippen LogP contribution is -1.88. The normalized spacial score (nSPS) is 11.2. The van der Waals surface area contributed by atoms with Crippen LogP contribution in [0.3, 0.4) is 0 Å². The maximum Gasteiger partial charge on any atom is 0.228 e. The van der Waals surface area contributed by atoms with E-state index in [2.05, 4.69) is 4.98 Å². The highest BCUT2D eigenvalue weighted by molar-refractivity contribution is 6.33. The summed E-state index contributed by atoms with van der Waals surface area (Å²) in [7, 11) is 0. The van der Waals surface area contributed by atoms with Gasteiger partial charge in [0.05, 0.1) is 10.6 Å². The molecule has 0 amide bonds. The minimum atomic E-state index is 0.546. The summed E-state index contributed by atoms with van der Waals surface area (Å²) < 4.78 is 7.88. The Morgan fingerprint density at radius 3 is 2.64 bits per heavy atom. The summed E-state index contributed by atoms with van der Waals surface area (Å²) in [5.74, 6) is 0.546. The third-order valence-electron chi connectivity index (χ3n) is 3.63. The number of halogens is 1. The van der Waals surface area contributed by atoms with Crippen molar-refractivity contribution in [2.24, 2.45) is 0 Å². The van der Waals surface area contributed by atoms with Crippen molar-refractivity contribution in [2.75, 3.05) is 0 Å². The Kier molecular flexibility index (Phi) is 3.01. The first-order valence-electron chi connectivity index (χ1n) is 7.01. The third kappa shape index (κ3) is 2.20. The first kappa shape index (κ1) is 13.2. The Morgan fingerprint density at radius 2 is 1.86 bits per heavy atom. The van der Waals surface area contributed by atoms with Crippen LogP contribution in [0.2, 0.25) is 5.02 Å². The van der Waals surface area contributed by atoms with E-state index >= 15 is 0 Å². The van der Waals surface area contributed by atoms with Crippen molar-refractivity contribution < 1.29 is 4.42 Å². The van der Waals surface area contributed by atoms with Gasteiger partial charge in [0.15, 0.2) is 5.58 Å². The van der Waals surface area contributed by atoms with E-state index in [0.717, 1.165) is 27.9 Å². The Morgan fingerprint density at radius 1 is 1.05 bits per heavy atom. The molecular formula is C18H13ClN2O. The van der Waals surface area contributed by atoms with Crippen molar-refractivity contribution in [3.05, 3.63) is 71.5 Å². The van der Waals surface area contributed by atoms with Gasteiger partial charge in [-0.25, -0.2) is 4.98 Å². The molecule has 0 aliphatic carbocycles. The van der Waals surface area contributed by atoms with Crippen molar-refractivity contribution in [3.8, 4) is 17.1 Å². The molecule has 0 aliphatic rings. The summed E-state index contributed by atoms with van der Waals surface area (Å²) in [4.78, 5) is 4.58. The second-order valence-electron chi connectivity index (χ2n) is 5.24. The SMILES string of the molecule is Cc1ccc(-c2nc3cc(-n4cccc4)ccc3o2)c(Cl)c1. The van der Waals surface area contributed by atoms with Crippen LogP contribution in [-0.2, 0) is 0 Å². The van der Waals surface area contributed by atoms with Crippen LogP contribution in [-0.4, -0.2) is 9.55 Å². The number of aryl methyl sites for hydroxylation is 1. The zero-order chi connectivity index (χ0) is 15.1. The van der Waals surface area contributed by atoms with Gasteiger partial charge in [0, 0.05) is 18.1 Å². The quantitative estimate of drug-likeness (QED) is 0.506. The zero-order valence-electron chi connectivity index (χ0n) is 12.0. The van der Waals surface area contributed by atoms with Crippen LogP contribution >= 0.6 is 11.6 Å². The molecule has 0 atom stereocenters. The van der Waals surface area contributed by atoms with Crippen LogP contribution in [0.1, 0.15) is 5.56 Å². The van der Waals surface area contributed by atoms with E-state index in [-0.39, 0.29) is 0 Å². The van der Waals surface area contributed by atoms with Crippen LogP contribution in [0.15, 0.2) is 65.3 Å². The van der Waals surface area contributed by atoms with Crippen LogP contribution in [0.25, 0.3) is 28.2 Å². The first-order chi connectivity index (χ1) is 10.7. The molecule has 2 aromatic heterocycles. The third-order valence-corrected chi connectivity index (χ3v) is 3.94. The molecule has 4 aromatic rings. The second-order valence-corrected chi connectivity index (χ2v) is 5.65. The average molecular weight is 309 g/mol. The molecule has 22 heavy (non-hydrogen) atoms. The van der Waals surface area contributed by atoms with Crippen LogP contribution in [0.4, 0.5) is 0 Å². The standard InChI is InChI=1S/C18H13ClN2O/c1-12-4-6-14(15(19)10-12)18-20-16-11-13(5-7-17(16)22-18)21-8-2-3-9-21/h2-11H,1H3. The Hall–Kier alpha value is -2.52. The predicted molar refractivity (Wildman–Crippen MR) is 88.5 cm³/mol. The second kappa shape index (κ2) is 5.04. The maximum atomic E-state index is 6.30. The molecule has 0 aliphatic heterocycles. The highest BCUT2D eigenvalue weighted by atomic mass is 35.5. The van der Waals surface area contributed by atoms with Crippen molar-refractivity contribution in [3.63, 3.8) is 0 Å². The molecule has 4 rings (SSSR count). The van der Waals surface area contributed by atoms with E-state index in [1.165, 1.54) is 0 Å². The van der Waals surface area contributed by atoms with Gasteiger partial charge in [-0.3, -0.25) is 0 Å². The van der Waals surface area contributed by atoms with E-state index in [0.29, 0.717) is 10.9 Å². The van der Waals surface area contributed by atoms with Crippen molar-refractivity contribution in [2.45, 2.75) is 6.92 Å². The van der Waals surface area contributed by atoms with Crippen LogP contribution < -0.4 is 0 Å². The fraction of sp³-hybridized carbons (Fsp3) is 0.0556. The van der Waals surface area contributed by atoms with Gasteiger partial charge in [-0.2, -0.15) is 0 Å². The fourth-order valence-corrected chi connectivity index (χ4v) is 2.81. The number of aromatic nitrogens is 2. The topological polar surface area (TPSA) is 31.0 Å². The van der Waals surface area contributed by atoms with Crippen molar-refractivity contribution >= 4 is 22.7 Å². The minimum Gasteiger partial charge on any atom is -0.436 e. The zero-order valence-corrected chi connectivity index (χ0v) is 12.7. The van der Waals surface area contributed by atoms with E-state index in [1.807, 2.05) is 72.4 Å². The van der Waals surface area contributed by atoms with E-state index in [9.17, 15) is 0 Å². The molecule has 4 heteroatoms. The summed E-state index contributed by atoms with van der Waals surface area (Å²) in [5, 5.41) is 0.650. The van der Waals surface area contributed by atoms with Gasteiger partial charge in [-0.05, 0) is 55.0 Å². The van der Waals surface area contributed by atoms with Gasteiger partial charge >= 0.3 is 0 Å². The van der Waals surface area contributed by atoms with Gasteiger partial charge in [-0.1, -0.05) is 17.7 Å². The molecule has 0 unspecified atom stereocenters. The highest BCUT2D eigenvalue weighted by Gasteiger charge is 2.12. The van der Waals surface area contributed by atoms with Crippen molar-refractivity contribution in [1.29, 1.82) is 0 Å². The Labute approximate surface area is 132 Å². The monoisotopic (exact) mass is 308 g/mol. The van der Waals surface area contributed by atoms with E-state index < -0.39 is 0 Å². The van der Waals surface area contributed by atoms with Gasteiger partial charge in [-0.15, -0.1) is 0 Å². The maximum absolute atomic E-state index is 6.30. The lowest BCUT2D eigenvalue weighted by atomic mass is 10.1. The van der Waals surface area contributed by atoms with Crippen molar-refractivity contribution in [1.82, 2.24) is 9.55 Å². The van der Waals surface area contributed by atoms with Gasteiger partial charge in [0.25, 0.3) is 0 Å². The molecule has 108 valence electrons. The van der Waals surface area contributed by atoms with Crippen LogP contribution in [0.5, 0.6) is 0 Å². The summed E-state index contributed by atoms with van der Waals surface area (Å²) >= 11 is 6.30. The van der Waals surface area contributed by atoms with Crippen LogP contribution in [0, 0.1) is 6.92 Å². The number of oxazole rings is 1. The minimum absolute atomic E-state index is 0.546. The Bertz CT molecular complexity index is 955. The number of hydrogen-bond acceptors (Lipinski definition) is 2. The lowest BCUT2D eigenvalue weighted by Gasteiger charge is -2.00. The molecule has 2 aromatic carbocycles. The lowest BCUT2D eigenvalue weighted by molar-refractivity contribution is 0.620. The average Bonchev–Trinajstić information content (AvgIpc) is 3.15. The molecule has 0 saturated heterocycles.